The van der Waals surface area contributed by atoms with Crippen molar-refractivity contribution in [3.05, 3.63) is 35.4 Å². The van der Waals surface area contributed by atoms with E-state index in [1.165, 1.54) is 0 Å². The number of carbonyl (C=O) groups is 3. The lowest BCUT2D eigenvalue weighted by molar-refractivity contribution is -0.142. The minimum absolute atomic E-state index is 0.217. The fourth-order valence-electron chi connectivity index (χ4n) is 2.49. The lowest BCUT2D eigenvalue weighted by Gasteiger charge is -2.15. The molecule has 1 heterocycles. The highest BCUT2D eigenvalue weighted by Gasteiger charge is 2.34. The van der Waals surface area contributed by atoms with Crippen LogP contribution in [-0.4, -0.2) is 69.1 Å². The summed E-state index contributed by atoms with van der Waals surface area (Å²) in [7, 11) is 0. The van der Waals surface area contributed by atoms with Crippen molar-refractivity contribution in [2.75, 3.05) is 51.1 Å². The van der Waals surface area contributed by atoms with Crippen molar-refractivity contribution in [2.24, 2.45) is 0 Å². The Hall–Kier alpha value is -2.75. The van der Waals surface area contributed by atoms with Crippen molar-refractivity contribution in [3.63, 3.8) is 0 Å². The molecule has 2 rings (SSSR count). The number of anilines is 1. The second-order valence-corrected chi connectivity index (χ2v) is 6.21. The van der Waals surface area contributed by atoms with Crippen molar-refractivity contribution >= 4 is 23.5 Å². The standard InChI is InChI=1S/C20H25NO8/c1-14-15(2)20(25)21(19(14)24)16-3-5-17(6-4-16)29-12-11-27-8-7-26-9-10-28-13-18(22)23/h3-6H,7-13H2,1-2H3,(H,22,23). The molecular weight excluding hydrogens is 382 g/mol. The fraction of sp³-hybridized carbons (Fsp3) is 0.450. The van der Waals surface area contributed by atoms with E-state index in [0.29, 0.717) is 55.6 Å². The van der Waals surface area contributed by atoms with Gasteiger partial charge in [-0.1, -0.05) is 0 Å². The molecule has 0 aromatic heterocycles. The molecule has 0 atom stereocenters. The average molecular weight is 407 g/mol. The van der Waals surface area contributed by atoms with Gasteiger partial charge < -0.3 is 24.1 Å². The zero-order chi connectivity index (χ0) is 21.2. The fourth-order valence-corrected chi connectivity index (χ4v) is 2.49. The van der Waals surface area contributed by atoms with Crippen molar-refractivity contribution in [3.8, 4) is 5.75 Å². The molecular formula is C20H25NO8. The van der Waals surface area contributed by atoms with E-state index in [2.05, 4.69) is 0 Å². The number of rotatable bonds is 13. The normalized spacial score (nSPS) is 14.1. The molecule has 1 aromatic carbocycles. The SMILES string of the molecule is CC1=C(C)C(=O)N(c2ccc(OCCOCCOCCOCC(=O)O)cc2)C1=O. The Balaban J connectivity index is 1.59. The van der Waals surface area contributed by atoms with E-state index in [1.807, 2.05) is 0 Å². The first-order valence-electron chi connectivity index (χ1n) is 9.16. The van der Waals surface area contributed by atoms with Crippen LogP contribution in [0.1, 0.15) is 13.8 Å². The molecule has 0 radical (unpaired) electrons. The number of imide groups is 1. The zero-order valence-corrected chi connectivity index (χ0v) is 16.5. The van der Waals surface area contributed by atoms with Crippen LogP contribution >= 0.6 is 0 Å². The third-order valence-electron chi connectivity index (χ3n) is 4.17. The van der Waals surface area contributed by atoms with Gasteiger partial charge in [0.2, 0.25) is 0 Å². The topological polar surface area (TPSA) is 112 Å². The molecule has 0 spiro atoms. The van der Waals surface area contributed by atoms with Gasteiger partial charge in [-0.2, -0.15) is 0 Å². The summed E-state index contributed by atoms with van der Waals surface area (Å²) in [6, 6.07) is 6.72. The monoisotopic (exact) mass is 407 g/mol. The van der Waals surface area contributed by atoms with E-state index in [4.69, 9.17) is 24.1 Å². The summed E-state index contributed by atoms with van der Waals surface area (Å²) in [5.74, 6) is -1.01. The van der Waals surface area contributed by atoms with Gasteiger partial charge in [0.05, 0.1) is 38.7 Å². The van der Waals surface area contributed by atoms with E-state index in [-0.39, 0.29) is 25.0 Å². The van der Waals surface area contributed by atoms with Crippen LogP contribution in [0.5, 0.6) is 5.75 Å². The minimum atomic E-state index is -1.01. The molecule has 2 amide bonds. The first kappa shape index (κ1) is 22.5. The first-order valence-corrected chi connectivity index (χ1v) is 9.16. The number of hydrogen-bond acceptors (Lipinski definition) is 7. The summed E-state index contributed by atoms with van der Waals surface area (Å²) < 4.78 is 21.0. The molecule has 0 bridgehead atoms. The van der Waals surface area contributed by atoms with E-state index >= 15 is 0 Å². The molecule has 158 valence electrons. The average Bonchev–Trinajstić information content (AvgIpc) is 2.89. The summed E-state index contributed by atoms with van der Waals surface area (Å²) in [5.41, 5.74) is 1.43. The second-order valence-electron chi connectivity index (χ2n) is 6.21. The van der Waals surface area contributed by atoms with Gasteiger partial charge in [0.25, 0.3) is 11.8 Å². The van der Waals surface area contributed by atoms with Crippen LogP contribution in [0, 0.1) is 0 Å². The van der Waals surface area contributed by atoms with Crippen molar-refractivity contribution in [1.82, 2.24) is 0 Å². The number of carbonyl (C=O) groups excluding carboxylic acids is 2. The lowest BCUT2D eigenvalue weighted by atomic mass is 10.2. The van der Waals surface area contributed by atoms with Gasteiger partial charge in [0, 0.05) is 11.1 Å². The third kappa shape index (κ3) is 6.67. The molecule has 1 aliphatic rings. The van der Waals surface area contributed by atoms with Crippen LogP contribution in [-0.2, 0) is 28.6 Å². The number of amides is 2. The highest BCUT2D eigenvalue weighted by atomic mass is 16.6. The Kier molecular flexibility index (Phi) is 8.78. The molecule has 0 saturated heterocycles. The van der Waals surface area contributed by atoms with Gasteiger partial charge in [0.1, 0.15) is 19.0 Å². The summed E-state index contributed by atoms with van der Waals surface area (Å²) in [5, 5.41) is 8.39. The van der Waals surface area contributed by atoms with Crippen molar-refractivity contribution < 1.29 is 38.4 Å². The van der Waals surface area contributed by atoms with E-state index < -0.39 is 5.97 Å². The highest BCUT2D eigenvalue weighted by Crippen LogP contribution is 2.27. The van der Waals surface area contributed by atoms with Crippen LogP contribution in [0.25, 0.3) is 0 Å². The molecule has 0 aliphatic carbocycles. The number of ether oxygens (including phenoxy) is 4. The second kappa shape index (κ2) is 11.3. The molecule has 0 fully saturated rings. The number of carboxylic acids is 1. The van der Waals surface area contributed by atoms with Crippen LogP contribution in [0.3, 0.4) is 0 Å². The Morgan fingerprint density at radius 1 is 0.828 bits per heavy atom. The molecule has 1 aliphatic heterocycles. The van der Waals surface area contributed by atoms with E-state index in [0.717, 1.165) is 4.90 Å². The number of hydrogen-bond donors (Lipinski definition) is 1. The smallest absolute Gasteiger partial charge is 0.329 e. The molecule has 1 aromatic rings. The molecule has 9 nitrogen and oxygen atoms in total. The zero-order valence-electron chi connectivity index (χ0n) is 16.5. The van der Waals surface area contributed by atoms with Gasteiger partial charge in [-0.3, -0.25) is 9.59 Å². The van der Waals surface area contributed by atoms with Gasteiger partial charge in [0.15, 0.2) is 0 Å². The van der Waals surface area contributed by atoms with Crippen LogP contribution in [0.4, 0.5) is 5.69 Å². The first-order chi connectivity index (χ1) is 13.9. The summed E-state index contributed by atoms with van der Waals surface area (Å²) in [6.45, 7) is 4.93. The van der Waals surface area contributed by atoms with Crippen LogP contribution in [0.15, 0.2) is 35.4 Å². The Morgan fingerprint density at radius 2 is 1.31 bits per heavy atom. The minimum Gasteiger partial charge on any atom is -0.491 e. The summed E-state index contributed by atoms with van der Waals surface area (Å²) in [4.78, 5) is 35.7. The Bertz CT molecular complexity index is 732. The number of carboxylic acid groups (broad SMARTS) is 1. The number of nitrogens with zero attached hydrogens (tertiary/aromatic N) is 1. The Morgan fingerprint density at radius 3 is 1.83 bits per heavy atom. The molecule has 1 N–H and O–H groups in total. The number of aliphatic carboxylic acids is 1. The van der Waals surface area contributed by atoms with Crippen LogP contribution in [0.2, 0.25) is 0 Å². The third-order valence-corrected chi connectivity index (χ3v) is 4.17. The maximum Gasteiger partial charge on any atom is 0.329 e. The quantitative estimate of drug-likeness (QED) is 0.386. The van der Waals surface area contributed by atoms with Gasteiger partial charge in [-0.15, -0.1) is 0 Å². The molecule has 9 heteroatoms. The van der Waals surface area contributed by atoms with Crippen molar-refractivity contribution in [1.29, 1.82) is 0 Å². The van der Waals surface area contributed by atoms with Gasteiger partial charge in [-0.05, 0) is 38.1 Å². The van der Waals surface area contributed by atoms with Gasteiger partial charge in [-0.25, -0.2) is 9.69 Å². The maximum atomic E-state index is 12.2. The molecule has 0 unspecified atom stereocenters. The summed E-state index contributed by atoms with van der Waals surface area (Å²) in [6.07, 6.45) is 0. The van der Waals surface area contributed by atoms with Crippen LogP contribution < -0.4 is 9.64 Å². The molecule has 0 saturated carbocycles. The largest absolute Gasteiger partial charge is 0.491 e. The molecule has 29 heavy (non-hydrogen) atoms. The highest BCUT2D eigenvalue weighted by molar-refractivity contribution is 6.32. The predicted octanol–water partition coefficient (Wildman–Crippen LogP) is 1.41. The lowest BCUT2D eigenvalue weighted by Crippen LogP contribution is -2.31. The van der Waals surface area contributed by atoms with Gasteiger partial charge >= 0.3 is 5.97 Å². The van der Waals surface area contributed by atoms with Crippen molar-refractivity contribution in [2.45, 2.75) is 13.8 Å². The maximum absolute atomic E-state index is 12.2. The predicted molar refractivity (Wildman–Crippen MR) is 103 cm³/mol. The van der Waals surface area contributed by atoms with E-state index in [9.17, 15) is 14.4 Å². The van der Waals surface area contributed by atoms with E-state index in [1.54, 1.807) is 38.1 Å². The number of benzene rings is 1. The Labute approximate surface area is 168 Å². The summed E-state index contributed by atoms with van der Waals surface area (Å²) >= 11 is 0.